The van der Waals surface area contributed by atoms with E-state index in [4.69, 9.17) is 4.74 Å². The summed E-state index contributed by atoms with van der Waals surface area (Å²) in [5.41, 5.74) is 0.911. The van der Waals surface area contributed by atoms with Gasteiger partial charge in [0.05, 0.1) is 19.7 Å². The van der Waals surface area contributed by atoms with Gasteiger partial charge in [0.25, 0.3) is 0 Å². The lowest BCUT2D eigenvalue weighted by atomic mass is 10.1. The topological polar surface area (TPSA) is 75.7 Å². The standard InChI is InChI=1S/C20H25FN2O4S2/c1-5-23(29(25,26)19-12-16(21)8-11-18(19)27-3)13-20(24)22-14(2)15-6-9-17(28-4)10-7-15/h6-12,14H,5,13H2,1-4H3,(H,22,24)/t14-/m0/s1. The number of carbonyl (C=O) groups is 1. The number of sulfonamides is 1. The molecule has 0 saturated carbocycles. The first kappa shape index (κ1) is 23.2. The highest BCUT2D eigenvalue weighted by Crippen LogP contribution is 2.27. The number of halogens is 1. The highest BCUT2D eigenvalue weighted by Gasteiger charge is 2.29. The predicted octanol–water partition coefficient (Wildman–Crippen LogP) is 3.44. The fourth-order valence-corrected chi connectivity index (χ4v) is 4.76. The van der Waals surface area contributed by atoms with Crippen molar-refractivity contribution in [2.75, 3.05) is 26.5 Å². The number of benzene rings is 2. The SMILES string of the molecule is CCN(CC(=O)N[C@@H](C)c1ccc(SC)cc1)S(=O)(=O)c1cc(F)ccc1OC. The van der Waals surface area contributed by atoms with Crippen molar-refractivity contribution in [3.05, 3.63) is 53.8 Å². The molecule has 6 nitrogen and oxygen atoms in total. The van der Waals surface area contributed by atoms with Gasteiger partial charge < -0.3 is 10.1 Å². The molecule has 29 heavy (non-hydrogen) atoms. The van der Waals surface area contributed by atoms with E-state index >= 15 is 0 Å². The molecule has 9 heteroatoms. The van der Waals surface area contributed by atoms with E-state index in [0.29, 0.717) is 0 Å². The molecule has 0 bridgehead atoms. The molecule has 0 saturated heterocycles. The smallest absolute Gasteiger partial charge is 0.247 e. The summed E-state index contributed by atoms with van der Waals surface area (Å²) < 4.78 is 45.6. The Balaban J connectivity index is 2.15. The number of rotatable bonds is 9. The van der Waals surface area contributed by atoms with Crippen LogP contribution in [0.4, 0.5) is 4.39 Å². The Labute approximate surface area is 175 Å². The van der Waals surface area contributed by atoms with Crippen LogP contribution < -0.4 is 10.1 Å². The zero-order valence-corrected chi connectivity index (χ0v) is 18.4. The van der Waals surface area contributed by atoms with E-state index in [9.17, 15) is 17.6 Å². The molecule has 0 spiro atoms. The normalized spacial score (nSPS) is 12.6. The molecule has 0 fully saturated rings. The Hall–Kier alpha value is -2.10. The van der Waals surface area contributed by atoms with Crippen LogP contribution in [0.2, 0.25) is 0 Å². The van der Waals surface area contributed by atoms with E-state index < -0.39 is 21.7 Å². The zero-order valence-electron chi connectivity index (χ0n) is 16.8. The number of carbonyl (C=O) groups excluding carboxylic acids is 1. The van der Waals surface area contributed by atoms with Gasteiger partial charge in [-0.25, -0.2) is 12.8 Å². The van der Waals surface area contributed by atoms with Crippen LogP contribution in [0.3, 0.4) is 0 Å². The molecule has 0 aromatic heterocycles. The van der Waals surface area contributed by atoms with Crippen LogP contribution >= 0.6 is 11.8 Å². The summed E-state index contributed by atoms with van der Waals surface area (Å²) in [6.45, 7) is 3.10. The number of nitrogens with zero attached hydrogens (tertiary/aromatic N) is 1. The lowest BCUT2D eigenvalue weighted by molar-refractivity contribution is -0.121. The van der Waals surface area contributed by atoms with Crippen LogP contribution in [-0.2, 0) is 14.8 Å². The fraction of sp³-hybridized carbons (Fsp3) is 0.350. The van der Waals surface area contributed by atoms with Crippen molar-refractivity contribution in [1.82, 2.24) is 9.62 Å². The Bertz CT molecular complexity index is 949. The Morgan fingerprint density at radius 1 is 1.24 bits per heavy atom. The van der Waals surface area contributed by atoms with Gasteiger partial charge in [0.2, 0.25) is 15.9 Å². The second kappa shape index (κ2) is 10.1. The predicted molar refractivity (Wildman–Crippen MR) is 112 cm³/mol. The number of ether oxygens (including phenoxy) is 1. The maximum atomic E-state index is 13.6. The van der Waals surface area contributed by atoms with E-state index in [1.54, 1.807) is 18.7 Å². The molecule has 1 atom stereocenters. The van der Waals surface area contributed by atoms with Gasteiger partial charge in [-0.3, -0.25) is 4.79 Å². The molecular formula is C20H25FN2O4S2. The monoisotopic (exact) mass is 440 g/mol. The van der Waals surface area contributed by atoms with Crippen LogP contribution in [0.5, 0.6) is 5.75 Å². The van der Waals surface area contributed by atoms with Crippen molar-refractivity contribution in [1.29, 1.82) is 0 Å². The lowest BCUT2D eigenvalue weighted by Crippen LogP contribution is -2.41. The minimum absolute atomic E-state index is 0.0208. The fourth-order valence-electron chi connectivity index (χ4n) is 2.78. The molecule has 0 unspecified atom stereocenters. The van der Waals surface area contributed by atoms with Crippen LogP contribution in [0.25, 0.3) is 0 Å². The summed E-state index contributed by atoms with van der Waals surface area (Å²) in [5.74, 6) is -1.13. The highest BCUT2D eigenvalue weighted by molar-refractivity contribution is 7.98. The number of hydrogen-bond donors (Lipinski definition) is 1. The highest BCUT2D eigenvalue weighted by atomic mass is 32.2. The third-order valence-electron chi connectivity index (χ3n) is 4.41. The lowest BCUT2D eigenvalue weighted by Gasteiger charge is -2.22. The number of hydrogen-bond acceptors (Lipinski definition) is 5. The number of amides is 1. The first-order valence-electron chi connectivity index (χ1n) is 9.00. The zero-order chi connectivity index (χ0) is 21.6. The van der Waals surface area contributed by atoms with Gasteiger partial charge in [0, 0.05) is 11.4 Å². The van der Waals surface area contributed by atoms with E-state index in [2.05, 4.69) is 5.32 Å². The van der Waals surface area contributed by atoms with Crippen molar-refractivity contribution < 1.29 is 22.3 Å². The molecule has 2 aromatic rings. The summed E-state index contributed by atoms with van der Waals surface area (Å²) >= 11 is 1.62. The number of nitrogens with one attached hydrogen (secondary N) is 1. The molecule has 0 heterocycles. The summed E-state index contributed by atoms with van der Waals surface area (Å²) in [7, 11) is -2.81. The van der Waals surface area contributed by atoms with E-state index in [-0.39, 0.29) is 29.8 Å². The van der Waals surface area contributed by atoms with Crippen LogP contribution in [0, 0.1) is 5.82 Å². The van der Waals surface area contributed by atoms with Gasteiger partial charge in [-0.1, -0.05) is 19.1 Å². The first-order valence-corrected chi connectivity index (χ1v) is 11.7. The number of methoxy groups -OCH3 is 1. The minimum Gasteiger partial charge on any atom is -0.495 e. The number of likely N-dealkylation sites (N-methyl/N-ethyl adjacent to an activating group) is 1. The van der Waals surface area contributed by atoms with Crippen molar-refractivity contribution >= 4 is 27.7 Å². The molecule has 1 amide bonds. The van der Waals surface area contributed by atoms with Gasteiger partial charge in [-0.15, -0.1) is 11.8 Å². The second-order valence-electron chi connectivity index (χ2n) is 6.29. The van der Waals surface area contributed by atoms with Crippen molar-refractivity contribution in [2.24, 2.45) is 0 Å². The van der Waals surface area contributed by atoms with Crippen molar-refractivity contribution in [3.63, 3.8) is 0 Å². The Morgan fingerprint density at radius 2 is 1.90 bits per heavy atom. The molecule has 0 aliphatic carbocycles. The summed E-state index contributed by atoms with van der Waals surface area (Å²) in [4.78, 5) is 13.3. The minimum atomic E-state index is -4.12. The maximum Gasteiger partial charge on any atom is 0.247 e. The van der Waals surface area contributed by atoms with E-state index in [0.717, 1.165) is 26.9 Å². The Kier molecular flexibility index (Phi) is 8.06. The molecule has 158 valence electrons. The second-order valence-corrected chi connectivity index (χ2v) is 9.07. The number of thioether (sulfide) groups is 1. The van der Waals surface area contributed by atoms with Crippen molar-refractivity contribution in [3.8, 4) is 5.75 Å². The van der Waals surface area contributed by atoms with Gasteiger partial charge >= 0.3 is 0 Å². The third kappa shape index (κ3) is 5.71. The molecule has 0 aliphatic heterocycles. The molecule has 2 aromatic carbocycles. The van der Waals surface area contributed by atoms with Gasteiger partial charge in [-0.05, 0) is 49.1 Å². The Morgan fingerprint density at radius 3 is 2.45 bits per heavy atom. The van der Waals surface area contributed by atoms with Gasteiger partial charge in [0.1, 0.15) is 16.5 Å². The molecule has 2 rings (SSSR count). The molecular weight excluding hydrogens is 415 g/mol. The van der Waals surface area contributed by atoms with Crippen LogP contribution in [0.1, 0.15) is 25.5 Å². The summed E-state index contributed by atoms with van der Waals surface area (Å²) in [6.07, 6.45) is 1.98. The van der Waals surface area contributed by atoms with Crippen LogP contribution in [-0.4, -0.2) is 45.1 Å². The largest absolute Gasteiger partial charge is 0.495 e. The average molecular weight is 441 g/mol. The average Bonchev–Trinajstić information content (AvgIpc) is 2.71. The molecule has 0 radical (unpaired) electrons. The van der Waals surface area contributed by atoms with E-state index in [1.807, 2.05) is 37.4 Å². The van der Waals surface area contributed by atoms with Crippen LogP contribution in [0.15, 0.2) is 52.3 Å². The van der Waals surface area contributed by atoms with Gasteiger partial charge in [-0.2, -0.15) is 4.31 Å². The quantitative estimate of drug-likeness (QED) is 0.605. The van der Waals surface area contributed by atoms with Crippen molar-refractivity contribution in [2.45, 2.75) is 29.7 Å². The maximum absolute atomic E-state index is 13.6. The van der Waals surface area contributed by atoms with E-state index in [1.165, 1.54) is 13.2 Å². The van der Waals surface area contributed by atoms with Gasteiger partial charge in [0.15, 0.2) is 0 Å². The third-order valence-corrected chi connectivity index (χ3v) is 7.10. The first-order chi connectivity index (χ1) is 13.7. The molecule has 1 N–H and O–H groups in total. The summed E-state index contributed by atoms with van der Waals surface area (Å²) in [6, 6.07) is 10.7. The summed E-state index contributed by atoms with van der Waals surface area (Å²) in [5, 5.41) is 2.80. The molecule has 0 aliphatic rings.